The van der Waals surface area contributed by atoms with E-state index in [-0.39, 0.29) is 16.6 Å². The predicted molar refractivity (Wildman–Crippen MR) is 104 cm³/mol. The van der Waals surface area contributed by atoms with Crippen LogP contribution < -0.4 is 9.16 Å². The number of nitro groups is 1. The van der Waals surface area contributed by atoms with Crippen LogP contribution in [0.4, 0.5) is 10.2 Å². The van der Waals surface area contributed by atoms with Crippen LogP contribution in [0.15, 0.2) is 36.5 Å². The van der Waals surface area contributed by atoms with E-state index in [1.54, 1.807) is 19.1 Å². The molecule has 0 N–H and O–H groups in total. The van der Waals surface area contributed by atoms with Crippen molar-refractivity contribution < 1.29 is 18.5 Å². The average Bonchev–Trinajstić information content (AvgIpc) is 2.55. The smallest absolute Gasteiger partial charge is 0.406 e. The third-order valence-electron chi connectivity index (χ3n) is 4.81. The van der Waals surface area contributed by atoms with Crippen LogP contribution >= 0.6 is 0 Å². The third-order valence-corrected chi connectivity index (χ3v) is 9.15. The number of hydrogen-bond acceptors (Lipinski definition) is 5. The molecule has 1 atom stereocenters. The molecule has 0 radical (unpaired) electrons. The lowest BCUT2D eigenvalue weighted by Gasteiger charge is -2.37. The van der Waals surface area contributed by atoms with Gasteiger partial charge in [0.25, 0.3) is 0 Å². The summed E-state index contributed by atoms with van der Waals surface area (Å²) < 4.78 is 26.0. The van der Waals surface area contributed by atoms with Crippen LogP contribution in [0, 0.1) is 15.9 Å². The lowest BCUT2D eigenvalue weighted by atomic mass is 10.1. The van der Waals surface area contributed by atoms with E-state index in [1.165, 1.54) is 24.4 Å². The van der Waals surface area contributed by atoms with E-state index < -0.39 is 25.2 Å². The van der Waals surface area contributed by atoms with Crippen LogP contribution in [-0.4, -0.2) is 18.2 Å². The van der Waals surface area contributed by atoms with Crippen LogP contribution in [0.5, 0.6) is 11.5 Å². The van der Waals surface area contributed by atoms with Gasteiger partial charge in [0.1, 0.15) is 23.9 Å². The minimum Gasteiger partial charge on any atom is -0.543 e. The van der Waals surface area contributed by atoms with Gasteiger partial charge in [-0.25, -0.2) is 4.39 Å². The van der Waals surface area contributed by atoms with Crippen molar-refractivity contribution in [3.8, 4) is 11.5 Å². The van der Waals surface area contributed by atoms with Gasteiger partial charge in [0, 0.05) is 5.56 Å². The van der Waals surface area contributed by atoms with Crippen molar-refractivity contribution in [2.24, 2.45) is 0 Å². The molecule has 2 rings (SSSR count). The highest BCUT2D eigenvalue weighted by Crippen LogP contribution is 2.40. The van der Waals surface area contributed by atoms with Gasteiger partial charge < -0.3 is 19.3 Å². The first kappa shape index (κ1) is 20.8. The van der Waals surface area contributed by atoms with Crippen molar-refractivity contribution in [3.05, 3.63) is 58.0 Å². The average molecular weight is 393 g/mol. The van der Waals surface area contributed by atoms with Gasteiger partial charge in [-0.3, -0.25) is 0 Å². The number of ether oxygens (including phenoxy) is 1. The minimum absolute atomic E-state index is 0.0255. The Balaban J connectivity index is 2.38. The van der Waals surface area contributed by atoms with Gasteiger partial charge in [-0.05, 0) is 65.3 Å². The molecule has 0 saturated carbocycles. The van der Waals surface area contributed by atoms with Gasteiger partial charge in [-0.2, -0.15) is 0 Å². The third kappa shape index (κ3) is 4.82. The van der Waals surface area contributed by atoms with Crippen LogP contribution in [0.3, 0.4) is 0 Å². The summed E-state index contributed by atoms with van der Waals surface area (Å²) in [5.41, 5.74) is 0.498. The molecule has 6 nitrogen and oxygen atoms in total. The molecule has 0 aliphatic rings. The largest absolute Gasteiger partial charge is 0.543 e. The van der Waals surface area contributed by atoms with Crippen molar-refractivity contribution in [2.75, 3.05) is 0 Å². The number of aromatic nitrogens is 1. The van der Waals surface area contributed by atoms with Crippen molar-refractivity contribution >= 4 is 14.1 Å². The molecule has 0 spiro atoms. The Kier molecular flexibility index (Phi) is 5.89. The summed E-state index contributed by atoms with van der Waals surface area (Å²) in [7, 11) is -2.16. The zero-order valence-corrected chi connectivity index (χ0v) is 17.4. The fourth-order valence-corrected chi connectivity index (χ4v) is 3.27. The normalized spacial score (nSPS) is 13.1. The zero-order chi connectivity index (χ0) is 20.4. The van der Waals surface area contributed by atoms with Crippen LogP contribution in [-0.2, 0) is 0 Å². The first-order chi connectivity index (χ1) is 12.4. The molecule has 0 bridgehead atoms. The maximum absolute atomic E-state index is 13.9. The summed E-state index contributed by atoms with van der Waals surface area (Å²) in [6.07, 6.45) is 0.660. The summed E-state index contributed by atoms with van der Waals surface area (Å²) >= 11 is 0. The van der Waals surface area contributed by atoms with Crippen molar-refractivity contribution in [1.29, 1.82) is 0 Å². The first-order valence-electron chi connectivity index (χ1n) is 8.67. The number of benzene rings is 1. The molecule has 1 heterocycles. The summed E-state index contributed by atoms with van der Waals surface area (Å²) in [6.45, 7) is 12.2. The molecular weight excluding hydrogens is 367 g/mol. The van der Waals surface area contributed by atoms with Crippen molar-refractivity contribution in [3.63, 3.8) is 0 Å². The molecule has 146 valence electrons. The summed E-state index contributed by atoms with van der Waals surface area (Å²) in [6, 6.07) is 7.28. The van der Waals surface area contributed by atoms with Gasteiger partial charge >= 0.3 is 5.82 Å². The molecule has 0 aliphatic heterocycles. The predicted octanol–water partition coefficient (Wildman–Crippen LogP) is 5.65. The van der Waals surface area contributed by atoms with Crippen molar-refractivity contribution in [1.82, 2.24) is 4.98 Å². The molecule has 0 saturated heterocycles. The standard InChI is InChI=1S/C19H25FN2O4Si/c1-13(25-17-8-7-11-21-18(17)22(23)24)15-12-14(20)9-10-16(15)26-27(5,6)19(2,3)4/h7-13H,1-6H3. The summed E-state index contributed by atoms with van der Waals surface area (Å²) in [5, 5.41) is 11.1. The monoisotopic (exact) mass is 392 g/mol. The topological polar surface area (TPSA) is 74.5 Å². The molecule has 27 heavy (non-hydrogen) atoms. The quantitative estimate of drug-likeness (QED) is 0.360. The molecule has 2 aromatic rings. The Morgan fingerprint density at radius 3 is 2.48 bits per heavy atom. The van der Waals surface area contributed by atoms with E-state index in [0.29, 0.717) is 11.3 Å². The lowest BCUT2D eigenvalue weighted by molar-refractivity contribution is -0.390. The number of pyridine rings is 1. The Bertz CT molecular complexity index is 837. The maximum Gasteiger partial charge on any atom is 0.406 e. The number of halogens is 1. The van der Waals surface area contributed by atoms with Gasteiger partial charge in [-0.15, -0.1) is 0 Å². The summed E-state index contributed by atoms with van der Waals surface area (Å²) in [5.74, 6) is -0.254. The zero-order valence-electron chi connectivity index (χ0n) is 16.4. The lowest BCUT2D eigenvalue weighted by Crippen LogP contribution is -2.44. The molecular formula is C19H25FN2O4Si. The number of hydrogen-bond donors (Lipinski definition) is 0. The highest BCUT2D eigenvalue weighted by molar-refractivity contribution is 6.74. The molecule has 8 heteroatoms. The Labute approximate surface area is 159 Å². The highest BCUT2D eigenvalue weighted by Gasteiger charge is 2.39. The van der Waals surface area contributed by atoms with E-state index in [9.17, 15) is 14.5 Å². The Morgan fingerprint density at radius 1 is 1.22 bits per heavy atom. The number of rotatable bonds is 6. The van der Waals surface area contributed by atoms with Crippen LogP contribution in [0.25, 0.3) is 0 Å². The van der Waals surface area contributed by atoms with Gasteiger partial charge in [-0.1, -0.05) is 20.8 Å². The maximum atomic E-state index is 13.9. The van der Waals surface area contributed by atoms with Crippen LogP contribution in [0.2, 0.25) is 18.1 Å². The number of nitrogens with zero attached hydrogens (tertiary/aromatic N) is 2. The second kappa shape index (κ2) is 7.64. The van der Waals surface area contributed by atoms with Gasteiger partial charge in [0.05, 0.1) is 0 Å². The van der Waals surface area contributed by atoms with Crippen LogP contribution in [0.1, 0.15) is 39.4 Å². The fourth-order valence-electron chi connectivity index (χ4n) is 2.22. The SMILES string of the molecule is CC(Oc1cccnc1[N+](=O)[O-])c1cc(F)ccc1O[Si](C)(C)C(C)(C)C. The molecule has 1 aromatic heterocycles. The minimum atomic E-state index is -2.16. The van der Waals surface area contributed by atoms with E-state index >= 15 is 0 Å². The second-order valence-corrected chi connectivity index (χ2v) is 12.6. The van der Waals surface area contributed by atoms with E-state index in [2.05, 4.69) is 38.8 Å². The van der Waals surface area contributed by atoms with Gasteiger partial charge in [0.2, 0.25) is 14.1 Å². The Morgan fingerprint density at radius 2 is 1.89 bits per heavy atom. The fraction of sp³-hybridized carbons (Fsp3) is 0.421. The first-order valence-corrected chi connectivity index (χ1v) is 11.6. The molecule has 0 fully saturated rings. The van der Waals surface area contributed by atoms with Crippen molar-refractivity contribution in [2.45, 2.75) is 51.9 Å². The van der Waals surface area contributed by atoms with E-state index in [4.69, 9.17) is 9.16 Å². The molecule has 0 amide bonds. The van der Waals surface area contributed by atoms with E-state index in [0.717, 1.165) is 0 Å². The highest BCUT2D eigenvalue weighted by atomic mass is 28.4. The summed E-state index contributed by atoms with van der Waals surface area (Å²) in [4.78, 5) is 14.3. The van der Waals surface area contributed by atoms with E-state index in [1.807, 2.05) is 0 Å². The Hall–Kier alpha value is -2.48. The second-order valence-electron chi connectivity index (χ2n) is 7.89. The molecule has 0 aliphatic carbocycles. The molecule has 1 unspecified atom stereocenters. The van der Waals surface area contributed by atoms with Gasteiger partial charge in [0.15, 0.2) is 0 Å². The molecule has 1 aromatic carbocycles.